The minimum absolute atomic E-state index is 0.228. The molecule has 0 atom stereocenters. The Balaban J connectivity index is 2.46. The van der Waals surface area contributed by atoms with Crippen LogP contribution >= 0.6 is 0 Å². The van der Waals surface area contributed by atoms with Crippen molar-refractivity contribution >= 4 is 5.97 Å². The predicted molar refractivity (Wildman–Crippen MR) is 48.6 cm³/mol. The zero-order chi connectivity index (χ0) is 10.6. The number of carboxylic acids is 1. The number of nitrogens with zero attached hydrogens (tertiary/aromatic N) is 4. The van der Waals surface area contributed by atoms with Gasteiger partial charge in [0.05, 0.1) is 0 Å². The van der Waals surface area contributed by atoms with Gasteiger partial charge in [0.1, 0.15) is 0 Å². The van der Waals surface area contributed by atoms with Crippen molar-refractivity contribution in [2.45, 2.75) is 33.2 Å². The summed E-state index contributed by atoms with van der Waals surface area (Å²) in [4.78, 5) is 11.4. The molecule has 0 spiro atoms. The summed E-state index contributed by atoms with van der Waals surface area (Å²) in [5.74, 6) is 0.235. The minimum Gasteiger partial charge on any atom is -0.480 e. The molecule has 0 aliphatic heterocycles. The van der Waals surface area contributed by atoms with Crippen LogP contribution in [0.1, 0.15) is 26.1 Å². The molecule has 0 saturated heterocycles. The molecule has 0 saturated carbocycles. The molecule has 6 heteroatoms. The quantitative estimate of drug-likeness (QED) is 0.738. The Hall–Kier alpha value is -1.46. The zero-order valence-corrected chi connectivity index (χ0v) is 8.34. The summed E-state index contributed by atoms with van der Waals surface area (Å²) in [5, 5.41) is 19.8. The van der Waals surface area contributed by atoms with E-state index in [1.807, 2.05) is 0 Å². The molecule has 1 aromatic rings. The molecule has 1 aromatic heterocycles. The molecule has 0 aliphatic rings. The van der Waals surface area contributed by atoms with Crippen LogP contribution in [-0.4, -0.2) is 31.3 Å². The van der Waals surface area contributed by atoms with Crippen molar-refractivity contribution in [2.75, 3.05) is 0 Å². The molecule has 0 radical (unpaired) electrons. The third-order valence-corrected chi connectivity index (χ3v) is 1.72. The smallest absolute Gasteiger partial charge is 0.327 e. The molecule has 0 aromatic carbocycles. The Labute approximate surface area is 81.9 Å². The topological polar surface area (TPSA) is 80.9 Å². The predicted octanol–water partition coefficient (Wildman–Crippen LogP) is 0.346. The number of hydrogen-bond donors (Lipinski definition) is 1. The Morgan fingerprint density at radius 3 is 2.86 bits per heavy atom. The first-order valence-electron chi connectivity index (χ1n) is 4.56. The maximum atomic E-state index is 10.3. The fourth-order valence-electron chi connectivity index (χ4n) is 0.982. The highest BCUT2D eigenvalue weighted by molar-refractivity contribution is 5.66. The van der Waals surface area contributed by atoms with Gasteiger partial charge in [0.15, 0.2) is 12.4 Å². The van der Waals surface area contributed by atoms with E-state index in [0.717, 1.165) is 17.6 Å². The van der Waals surface area contributed by atoms with Crippen LogP contribution in [0.4, 0.5) is 0 Å². The highest BCUT2D eigenvalue weighted by Gasteiger charge is 2.06. The van der Waals surface area contributed by atoms with Crippen LogP contribution in [0.2, 0.25) is 0 Å². The van der Waals surface area contributed by atoms with Crippen LogP contribution in [0.3, 0.4) is 0 Å². The summed E-state index contributed by atoms with van der Waals surface area (Å²) in [5.41, 5.74) is 0. The zero-order valence-electron chi connectivity index (χ0n) is 8.34. The van der Waals surface area contributed by atoms with Crippen molar-refractivity contribution in [3.63, 3.8) is 0 Å². The molecule has 1 heterocycles. The van der Waals surface area contributed by atoms with E-state index in [-0.39, 0.29) is 6.54 Å². The fraction of sp³-hybridized carbons (Fsp3) is 0.750. The molecule has 1 rings (SSSR count). The number of aliphatic carboxylic acids is 1. The summed E-state index contributed by atoms with van der Waals surface area (Å²) in [6.07, 6.45) is 1.73. The van der Waals surface area contributed by atoms with E-state index in [1.165, 1.54) is 0 Å². The number of carboxylic acid groups (broad SMARTS) is 1. The van der Waals surface area contributed by atoms with Crippen LogP contribution in [-0.2, 0) is 17.8 Å². The molecule has 0 unspecified atom stereocenters. The molecule has 0 amide bonds. The van der Waals surface area contributed by atoms with E-state index in [9.17, 15) is 4.79 Å². The van der Waals surface area contributed by atoms with E-state index in [4.69, 9.17) is 5.11 Å². The molecule has 6 nitrogen and oxygen atoms in total. The van der Waals surface area contributed by atoms with Gasteiger partial charge in [-0.1, -0.05) is 13.8 Å². The van der Waals surface area contributed by atoms with E-state index >= 15 is 0 Å². The van der Waals surface area contributed by atoms with Crippen molar-refractivity contribution in [3.8, 4) is 0 Å². The summed E-state index contributed by atoms with van der Waals surface area (Å²) < 4.78 is 0. The van der Waals surface area contributed by atoms with Crippen LogP contribution in [0.25, 0.3) is 0 Å². The Bertz CT molecular complexity index is 308. The van der Waals surface area contributed by atoms with Crippen LogP contribution in [0.15, 0.2) is 0 Å². The van der Waals surface area contributed by atoms with Gasteiger partial charge in [-0.2, -0.15) is 4.80 Å². The third-order valence-electron chi connectivity index (χ3n) is 1.72. The van der Waals surface area contributed by atoms with E-state index in [1.54, 1.807) is 0 Å². The van der Waals surface area contributed by atoms with Gasteiger partial charge in [0.25, 0.3) is 0 Å². The molecule has 14 heavy (non-hydrogen) atoms. The van der Waals surface area contributed by atoms with Crippen molar-refractivity contribution in [3.05, 3.63) is 5.82 Å². The summed E-state index contributed by atoms with van der Waals surface area (Å²) in [6, 6.07) is 0. The molecular weight excluding hydrogens is 184 g/mol. The van der Waals surface area contributed by atoms with Crippen molar-refractivity contribution < 1.29 is 9.90 Å². The van der Waals surface area contributed by atoms with Gasteiger partial charge in [-0.05, 0) is 17.6 Å². The van der Waals surface area contributed by atoms with Crippen molar-refractivity contribution in [1.82, 2.24) is 20.2 Å². The molecule has 78 valence electrons. The molecule has 0 bridgehead atoms. The van der Waals surface area contributed by atoms with E-state index in [0.29, 0.717) is 11.7 Å². The fourth-order valence-corrected chi connectivity index (χ4v) is 0.982. The largest absolute Gasteiger partial charge is 0.480 e. The third kappa shape index (κ3) is 3.51. The van der Waals surface area contributed by atoms with Crippen molar-refractivity contribution in [2.24, 2.45) is 5.92 Å². The minimum atomic E-state index is -0.960. The average Bonchev–Trinajstić information content (AvgIpc) is 2.47. The SMILES string of the molecule is CC(C)CCc1nnn(CC(=O)O)n1. The lowest BCUT2D eigenvalue weighted by atomic mass is 10.1. The number of hydrogen-bond acceptors (Lipinski definition) is 4. The molecular formula is C8H14N4O2. The monoisotopic (exact) mass is 198 g/mol. The van der Waals surface area contributed by atoms with Gasteiger partial charge in [-0.3, -0.25) is 4.79 Å². The maximum Gasteiger partial charge on any atom is 0.327 e. The number of carbonyl (C=O) groups is 1. The summed E-state index contributed by atoms with van der Waals surface area (Å²) in [7, 11) is 0. The summed E-state index contributed by atoms with van der Waals surface area (Å²) in [6.45, 7) is 4.00. The van der Waals surface area contributed by atoms with Crippen LogP contribution < -0.4 is 0 Å². The first-order valence-corrected chi connectivity index (χ1v) is 4.56. The van der Waals surface area contributed by atoms with Gasteiger partial charge < -0.3 is 5.11 Å². The van der Waals surface area contributed by atoms with Gasteiger partial charge >= 0.3 is 5.97 Å². The average molecular weight is 198 g/mol. The summed E-state index contributed by atoms with van der Waals surface area (Å²) >= 11 is 0. The lowest BCUT2D eigenvalue weighted by molar-refractivity contribution is -0.138. The van der Waals surface area contributed by atoms with E-state index in [2.05, 4.69) is 29.3 Å². The molecule has 0 aliphatic carbocycles. The highest BCUT2D eigenvalue weighted by atomic mass is 16.4. The Kier molecular flexibility index (Phi) is 3.55. The van der Waals surface area contributed by atoms with Crippen molar-refractivity contribution in [1.29, 1.82) is 0 Å². The second-order valence-electron chi connectivity index (χ2n) is 3.56. The van der Waals surface area contributed by atoms with Gasteiger partial charge in [-0.15, -0.1) is 10.2 Å². The van der Waals surface area contributed by atoms with E-state index < -0.39 is 5.97 Å². The first-order chi connectivity index (χ1) is 6.58. The molecule has 0 fully saturated rings. The van der Waals surface area contributed by atoms with Crippen LogP contribution in [0, 0.1) is 5.92 Å². The number of aromatic nitrogens is 4. The number of aryl methyl sites for hydroxylation is 1. The van der Waals surface area contributed by atoms with Crippen LogP contribution in [0.5, 0.6) is 0 Å². The lowest BCUT2D eigenvalue weighted by Crippen LogP contribution is -2.11. The van der Waals surface area contributed by atoms with Gasteiger partial charge in [0, 0.05) is 6.42 Å². The first kappa shape index (κ1) is 10.6. The van der Waals surface area contributed by atoms with Gasteiger partial charge in [-0.25, -0.2) is 0 Å². The number of rotatable bonds is 5. The Morgan fingerprint density at radius 2 is 2.29 bits per heavy atom. The molecule has 1 N–H and O–H groups in total. The lowest BCUT2D eigenvalue weighted by Gasteiger charge is -1.98. The second-order valence-corrected chi connectivity index (χ2v) is 3.56. The standard InChI is InChI=1S/C8H14N4O2/c1-6(2)3-4-7-9-11-12(10-7)5-8(13)14/h6H,3-5H2,1-2H3,(H,13,14). The maximum absolute atomic E-state index is 10.3. The van der Waals surface area contributed by atoms with Gasteiger partial charge in [0.2, 0.25) is 0 Å². The normalized spacial score (nSPS) is 10.8. The number of tetrazole rings is 1. The Morgan fingerprint density at radius 1 is 1.57 bits per heavy atom. The highest BCUT2D eigenvalue weighted by Crippen LogP contribution is 2.03. The second kappa shape index (κ2) is 4.69.